The quantitative estimate of drug-likeness (QED) is 0.117. The molecular weight excluding hydrogens is 600 g/mol. The maximum atomic E-state index is 12.4. The summed E-state index contributed by atoms with van der Waals surface area (Å²) in [5.41, 5.74) is -5.82. The van der Waals surface area contributed by atoms with E-state index < -0.39 is 95.6 Å². The highest BCUT2D eigenvalue weighted by Crippen LogP contribution is 2.57. The molecule has 23 nitrogen and oxygen atoms in total. The predicted molar refractivity (Wildman–Crippen MR) is 121 cm³/mol. The molecule has 1 fully saturated rings. The van der Waals surface area contributed by atoms with Gasteiger partial charge in [0, 0.05) is 12.3 Å². The monoisotopic (exact) mass is 615 g/mol. The van der Waals surface area contributed by atoms with E-state index in [0.717, 1.165) is 12.3 Å². The third kappa shape index (κ3) is 6.98. The van der Waals surface area contributed by atoms with Gasteiger partial charge in [0.2, 0.25) is 0 Å². The Morgan fingerprint density at radius 1 is 1.02 bits per heavy atom. The second-order valence-electron chi connectivity index (χ2n) is 7.58. The van der Waals surface area contributed by atoms with Gasteiger partial charge in [-0.15, -0.1) is 0 Å². The van der Waals surface area contributed by atoms with Crippen LogP contribution in [0.15, 0.2) is 34.0 Å². The number of non-ortho nitro benzene ring substituents is 1. The molecule has 1 aliphatic rings. The molecule has 25 heteroatoms. The minimum atomic E-state index is -5.56. The van der Waals surface area contributed by atoms with Crippen molar-refractivity contribution < 1.29 is 62.0 Å². The van der Waals surface area contributed by atoms with Crippen LogP contribution in [0.5, 0.6) is 5.75 Å². The van der Waals surface area contributed by atoms with Crippen molar-refractivity contribution in [1.29, 1.82) is 0 Å². The molecule has 0 bridgehead atoms. The molecule has 0 spiro atoms. The first-order valence-electron chi connectivity index (χ1n) is 10.1. The summed E-state index contributed by atoms with van der Waals surface area (Å²) in [6, 6.07) is 1.41. The van der Waals surface area contributed by atoms with Crippen molar-refractivity contribution in [2.24, 2.45) is 0 Å². The molecule has 2 aromatic rings. The highest BCUT2D eigenvalue weighted by Gasteiger charge is 2.50. The molecule has 0 saturated carbocycles. The molecule has 0 radical (unpaired) electrons. The molecule has 1 unspecified atom stereocenters. The number of hydrogen-bond donors (Lipinski definition) is 5. The number of aromatic amines is 1. The number of nitrogens with zero attached hydrogens (tertiary/aromatic N) is 4. The van der Waals surface area contributed by atoms with E-state index in [1.165, 1.54) is 0 Å². The topological polar surface area (TPSA) is 336 Å². The molecular formula is C15H15N5O18P2. The summed E-state index contributed by atoms with van der Waals surface area (Å²) in [5, 5.41) is 45.1. The van der Waals surface area contributed by atoms with Crippen molar-refractivity contribution in [3.63, 3.8) is 0 Å². The van der Waals surface area contributed by atoms with Crippen LogP contribution in [0.25, 0.3) is 0 Å². The van der Waals surface area contributed by atoms with Gasteiger partial charge in [-0.1, -0.05) is 0 Å². The van der Waals surface area contributed by atoms with Crippen LogP contribution in [-0.2, 0) is 22.7 Å². The standard InChI is InChI=1S/C15H15N5O18P2/c21-10-1-2-17(15(23)16-10)14-13(11(22)9(36-14)5-35-40(33,34)38-39(30,31)32)37-12-7(19(26)27)3-6(18(24)25)4-8(12)20(28)29/h1-4,9,11,13-14,22H,5H2,(H,33,34)(H,16,21,23)(H2,30,31,32)/t9-,11-,13-,14-/m1/s1. The molecule has 3 rings (SSSR count). The van der Waals surface area contributed by atoms with Gasteiger partial charge in [-0.3, -0.25) is 49.2 Å². The van der Waals surface area contributed by atoms with Crippen LogP contribution in [0.4, 0.5) is 17.1 Å². The summed E-state index contributed by atoms with van der Waals surface area (Å²) < 4.78 is 41.8. The van der Waals surface area contributed by atoms with Gasteiger partial charge >= 0.3 is 32.7 Å². The van der Waals surface area contributed by atoms with E-state index in [1.807, 2.05) is 4.98 Å². The highest BCUT2D eigenvalue weighted by molar-refractivity contribution is 7.60. The number of nitro benzene ring substituents is 3. The maximum Gasteiger partial charge on any atom is 0.481 e. The fraction of sp³-hybridized carbons (Fsp3) is 0.333. The van der Waals surface area contributed by atoms with Gasteiger partial charge < -0.3 is 29.3 Å². The van der Waals surface area contributed by atoms with Gasteiger partial charge in [0.05, 0.1) is 33.5 Å². The Hall–Kier alpha value is -3.92. The van der Waals surface area contributed by atoms with Crippen molar-refractivity contribution in [1.82, 2.24) is 9.55 Å². The number of nitrogens with one attached hydrogen (secondary N) is 1. The van der Waals surface area contributed by atoms with Crippen LogP contribution in [0.1, 0.15) is 6.23 Å². The van der Waals surface area contributed by atoms with E-state index in [9.17, 15) is 59.1 Å². The number of nitro groups is 3. The SMILES string of the molecule is O=c1ccn([C@@H]2O[C@H](COP(=O)(O)OP(=O)(O)O)[C@@H](O)[C@H]2Oc2c([N+](=O)[O-])cc([N+](=O)[O-])cc2[N+](=O)[O-])c(=O)[nH]1. The lowest BCUT2D eigenvalue weighted by Crippen LogP contribution is -2.41. The van der Waals surface area contributed by atoms with Crippen molar-refractivity contribution in [2.75, 3.05) is 6.61 Å². The Kier molecular flexibility index (Phi) is 8.64. The molecule has 0 amide bonds. The summed E-state index contributed by atoms with van der Waals surface area (Å²) in [4.78, 5) is 83.1. The van der Waals surface area contributed by atoms with Gasteiger partial charge in [-0.25, -0.2) is 13.9 Å². The first kappa shape index (κ1) is 30.6. The number of rotatable bonds is 11. The van der Waals surface area contributed by atoms with Crippen molar-refractivity contribution in [3.8, 4) is 5.75 Å². The normalized spacial score (nSPS) is 22.4. The van der Waals surface area contributed by atoms with E-state index in [2.05, 4.69) is 8.83 Å². The lowest BCUT2D eigenvalue weighted by atomic mass is 10.1. The van der Waals surface area contributed by atoms with Crippen molar-refractivity contribution in [3.05, 3.63) is 75.6 Å². The van der Waals surface area contributed by atoms with Crippen LogP contribution in [0.2, 0.25) is 0 Å². The zero-order chi connectivity index (χ0) is 30.2. The van der Waals surface area contributed by atoms with Crippen molar-refractivity contribution >= 4 is 32.7 Å². The molecule has 40 heavy (non-hydrogen) atoms. The number of H-pyrrole nitrogens is 1. The van der Waals surface area contributed by atoms with Crippen molar-refractivity contribution in [2.45, 2.75) is 24.5 Å². The number of phosphoric acid groups is 2. The first-order chi connectivity index (χ1) is 18.4. The second kappa shape index (κ2) is 11.3. The van der Waals surface area contributed by atoms with Crippen LogP contribution in [0.3, 0.4) is 0 Å². The van der Waals surface area contributed by atoms with E-state index in [-0.39, 0.29) is 0 Å². The average molecular weight is 615 g/mol. The van der Waals surface area contributed by atoms with E-state index in [1.54, 1.807) is 0 Å². The predicted octanol–water partition coefficient (Wildman–Crippen LogP) is -0.807. The number of phosphoric ester groups is 1. The summed E-state index contributed by atoms with van der Waals surface area (Å²) in [6.45, 7) is -1.21. The van der Waals surface area contributed by atoms with E-state index >= 15 is 0 Å². The minimum absolute atomic E-state index is 0.313. The fourth-order valence-corrected chi connectivity index (χ4v) is 4.98. The fourth-order valence-electron chi connectivity index (χ4n) is 3.38. The van der Waals surface area contributed by atoms with Gasteiger partial charge in [-0.2, -0.15) is 4.31 Å². The Morgan fingerprint density at radius 3 is 2.08 bits per heavy atom. The zero-order valence-electron chi connectivity index (χ0n) is 19.0. The maximum absolute atomic E-state index is 12.4. The Morgan fingerprint density at radius 2 is 1.60 bits per heavy atom. The molecule has 1 aromatic heterocycles. The Labute approximate surface area is 217 Å². The van der Waals surface area contributed by atoms with E-state index in [4.69, 9.17) is 19.3 Å². The summed E-state index contributed by atoms with van der Waals surface area (Å²) in [6.07, 6.45) is -7.18. The molecule has 1 aliphatic heterocycles. The number of aliphatic hydroxyl groups excluding tert-OH is 1. The highest BCUT2D eigenvalue weighted by atomic mass is 31.3. The number of hydrogen-bond acceptors (Lipinski definition) is 15. The molecule has 218 valence electrons. The Balaban J connectivity index is 2.08. The zero-order valence-corrected chi connectivity index (χ0v) is 20.8. The van der Waals surface area contributed by atoms with Gasteiger partial charge in [0.1, 0.15) is 12.2 Å². The van der Waals surface area contributed by atoms with Crippen LogP contribution >= 0.6 is 15.6 Å². The van der Waals surface area contributed by atoms with Crippen LogP contribution < -0.4 is 16.0 Å². The summed E-state index contributed by atoms with van der Waals surface area (Å²) >= 11 is 0. The lowest BCUT2D eigenvalue weighted by Gasteiger charge is -2.22. The van der Waals surface area contributed by atoms with Crippen LogP contribution in [-0.4, -0.2) is 69.0 Å². The second-order valence-corrected chi connectivity index (χ2v) is 10.4. The molecule has 1 aromatic carbocycles. The average Bonchev–Trinajstić information content (AvgIpc) is 3.10. The van der Waals surface area contributed by atoms with Gasteiger partial charge in [0.15, 0.2) is 12.3 Å². The first-order valence-corrected chi connectivity index (χ1v) is 13.1. The van der Waals surface area contributed by atoms with Gasteiger partial charge in [0.25, 0.3) is 17.0 Å². The molecule has 1 saturated heterocycles. The third-order valence-corrected chi connectivity index (χ3v) is 7.09. The largest absolute Gasteiger partial charge is 0.481 e. The molecule has 0 aliphatic carbocycles. The molecule has 2 heterocycles. The summed E-state index contributed by atoms with van der Waals surface area (Å²) in [5.74, 6) is -1.23. The third-order valence-electron chi connectivity index (χ3n) is 4.94. The summed E-state index contributed by atoms with van der Waals surface area (Å²) in [7, 11) is -11.1. The smallest absolute Gasteiger partial charge is 0.471 e. The number of aliphatic hydroxyl groups is 1. The number of benzene rings is 1. The van der Waals surface area contributed by atoms with Gasteiger partial charge in [-0.05, 0) is 0 Å². The molecule has 5 atom stereocenters. The minimum Gasteiger partial charge on any atom is -0.471 e. The molecule has 5 N–H and O–H groups in total. The number of ether oxygens (including phenoxy) is 2. The Bertz CT molecular complexity index is 1530. The lowest BCUT2D eigenvalue weighted by molar-refractivity contribution is -0.404. The van der Waals surface area contributed by atoms with E-state index in [0.29, 0.717) is 16.7 Å². The van der Waals surface area contributed by atoms with Crippen LogP contribution in [0, 0.1) is 30.3 Å². The number of aromatic nitrogens is 2.